The molecular weight excluding hydrogens is 266 g/mol. The highest BCUT2D eigenvalue weighted by atomic mass is 19.1. The molecular formula is C14H20F2N2O2. The average molecular weight is 286 g/mol. The van der Waals surface area contributed by atoms with Gasteiger partial charge in [0.1, 0.15) is 11.6 Å². The summed E-state index contributed by atoms with van der Waals surface area (Å²) < 4.78 is 26.0. The largest absolute Gasteiger partial charge is 0.395 e. The maximum atomic E-state index is 13.0. The van der Waals surface area contributed by atoms with Gasteiger partial charge in [0.05, 0.1) is 6.61 Å². The molecule has 4 nitrogen and oxygen atoms in total. The van der Waals surface area contributed by atoms with E-state index >= 15 is 0 Å². The van der Waals surface area contributed by atoms with Crippen LogP contribution in [0.2, 0.25) is 0 Å². The fourth-order valence-corrected chi connectivity index (χ4v) is 1.89. The Morgan fingerprint density at radius 2 is 1.90 bits per heavy atom. The van der Waals surface area contributed by atoms with Gasteiger partial charge in [-0.1, -0.05) is 6.92 Å². The van der Waals surface area contributed by atoms with Crippen molar-refractivity contribution in [2.24, 2.45) is 0 Å². The van der Waals surface area contributed by atoms with Crippen LogP contribution >= 0.6 is 0 Å². The zero-order valence-electron chi connectivity index (χ0n) is 11.5. The van der Waals surface area contributed by atoms with Gasteiger partial charge in [-0.05, 0) is 30.5 Å². The van der Waals surface area contributed by atoms with Crippen LogP contribution in [0.15, 0.2) is 18.2 Å². The Bertz CT molecular complexity index is 415. The predicted octanol–water partition coefficient (Wildman–Crippen LogP) is 1.92. The third-order valence-electron chi connectivity index (χ3n) is 2.76. The summed E-state index contributed by atoms with van der Waals surface area (Å²) in [5, 5.41) is 11.5. The number of hydrogen-bond acceptors (Lipinski definition) is 2. The first-order chi connectivity index (χ1) is 9.56. The van der Waals surface area contributed by atoms with Crippen LogP contribution in [0.1, 0.15) is 18.9 Å². The molecule has 0 spiro atoms. The lowest BCUT2D eigenvalue weighted by Gasteiger charge is -2.21. The first-order valence-electron chi connectivity index (χ1n) is 6.65. The van der Waals surface area contributed by atoms with Crippen molar-refractivity contribution < 1.29 is 18.7 Å². The first kappa shape index (κ1) is 16.4. The van der Waals surface area contributed by atoms with E-state index in [2.05, 4.69) is 5.32 Å². The summed E-state index contributed by atoms with van der Waals surface area (Å²) >= 11 is 0. The van der Waals surface area contributed by atoms with Crippen molar-refractivity contribution in [3.63, 3.8) is 0 Å². The SMILES string of the molecule is CCCN(CCO)C(=O)NCCc1cc(F)cc(F)c1. The molecule has 0 fully saturated rings. The zero-order valence-corrected chi connectivity index (χ0v) is 11.5. The minimum Gasteiger partial charge on any atom is -0.395 e. The van der Waals surface area contributed by atoms with Crippen molar-refractivity contribution >= 4 is 6.03 Å². The van der Waals surface area contributed by atoms with Gasteiger partial charge in [0.15, 0.2) is 0 Å². The normalized spacial score (nSPS) is 10.4. The van der Waals surface area contributed by atoms with Crippen LogP contribution in [-0.4, -0.2) is 42.3 Å². The quantitative estimate of drug-likeness (QED) is 0.804. The van der Waals surface area contributed by atoms with E-state index in [4.69, 9.17) is 5.11 Å². The van der Waals surface area contributed by atoms with Crippen LogP contribution in [0.5, 0.6) is 0 Å². The highest BCUT2D eigenvalue weighted by Gasteiger charge is 2.11. The Morgan fingerprint density at radius 3 is 2.45 bits per heavy atom. The van der Waals surface area contributed by atoms with E-state index in [0.29, 0.717) is 18.5 Å². The van der Waals surface area contributed by atoms with E-state index < -0.39 is 11.6 Å². The number of hydrogen-bond donors (Lipinski definition) is 2. The topological polar surface area (TPSA) is 52.6 Å². The predicted molar refractivity (Wildman–Crippen MR) is 72.4 cm³/mol. The maximum Gasteiger partial charge on any atom is 0.317 e. The van der Waals surface area contributed by atoms with Gasteiger partial charge in [-0.2, -0.15) is 0 Å². The molecule has 0 aliphatic rings. The van der Waals surface area contributed by atoms with E-state index in [1.165, 1.54) is 17.0 Å². The number of carbonyl (C=O) groups excluding carboxylic acids is 1. The summed E-state index contributed by atoms with van der Waals surface area (Å²) in [6, 6.07) is 3.02. The Kier molecular flexibility index (Phi) is 6.93. The molecule has 0 aliphatic carbocycles. The lowest BCUT2D eigenvalue weighted by Crippen LogP contribution is -2.42. The number of urea groups is 1. The van der Waals surface area contributed by atoms with Gasteiger partial charge in [0, 0.05) is 25.7 Å². The molecule has 1 aromatic carbocycles. The summed E-state index contributed by atoms with van der Waals surface area (Å²) in [6.45, 7) is 2.96. The van der Waals surface area contributed by atoms with Gasteiger partial charge in [-0.3, -0.25) is 0 Å². The molecule has 1 rings (SSSR count). The number of aliphatic hydroxyl groups excluding tert-OH is 1. The molecule has 0 atom stereocenters. The smallest absolute Gasteiger partial charge is 0.317 e. The fourth-order valence-electron chi connectivity index (χ4n) is 1.89. The van der Waals surface area contributed by atoms with Gasteiger partial charge < -0.3 is 15.3 Å². The lowest BCUT2D eigenvalue weighted by molar-refractivity contribution is 0.177. The van der Waals surface area contributed by atoms with Crippen LogP contribution < -0.4 is 5.32 Å². The molecule has 112 valence electrons. The highest BCUT2D eigenvalue weighted by Crippen LogP contribution is 2.08. The standard InChI is InChI=1S/C14H20F2N2O2/c1-2-5-18(6-7-19)14(20)17-4-3-11-8-12(15)10-13(16)9-11/h8-10,19H,2-7H2,1H3,(H,17,20). The van der Waals surface area contributed by atoms with Crippen molar-refractivity contribution in [2.75, 3.05) is 26.2 Å². The van der Waals surface area contributed by atoms with Gasteiger partial charge >= 0.3 is 6.03 Å². The molecule has 2 amide bonds. The van der Waals surface area contributed by atoms with Crippen LogP contribution in [0.3, 0.4) is 0 Å². The number of rotatable bonds is 7. The van der Waals surface area contributed by atoms with E-state index in [1.54, 1.807) is 0 Å². The second-order valence-corrected chi connectivity index (χ2v) is 4.47. The van der Waals surface area contributed by atoms with Crippen LogP contribution in [0.25, 0.3) is 0 Å². The molecule has 0 saturated heterocycles. The molecule has 0 bridgehead atoms. The van der Waals surface area contributed by atoms with Crippen molar-refractivity contribution in [3.8, 4) is 0 Å². The number of carbonyl (C=O) groups is 1. The van der Waals surface area contributed by atoms with Crippen molar-refractivity contribution in [3.05, 3.63) is 35.4 Å². The minimum atomic E-state index is -0.626. The average Bonchev–Trinajstić information content (AvgIpc) is 2.37. The van der Waals surface area contributed by atoms with Crippen molar-refractivity contribution in [2.45, 2.75) is 19.8 Å². The molecule has 0 aromatic heterocycles. The molecule has 0 saturated carbocycles. The Balaban J connectivity index is 2.44. The molecule has 1 aromatic rings. The molecule has 2 N–H and O–H groups in total. The van der Waals surface area contributed by atoms with Crippen molar-refractivity contribution in [1.29, 1.82) is 0 Å². The molecule has 20 heavy (non-hydrogen) atoms. The molecule has 0 aliphatic heterocycles. The van der Waals surface area contributed by atoms with Crippen LogP contribution in [-0.2, 0) is 6.42 Å². The summed E-state index contributed by atoms with van der Waals surface area (Å²) in [6.07, 6.45) is 1.14. The van der Waals surface area contributed by atoms with Gasteiger partial charge in [0.2, 0.25) is 0 Å². The number of nitrogens with zero attached hydrogens (tertiary/aromatic N) is 1. The Labute approximate surface area is 117 Å². The Morgan fingerprint density at radius 1 is 1.25 bits per heavy atom. The second kappa shape index (κ2) is 8.47. The zero-order chi connectivity index (χ0) is 15.0. The summed E-state index contributed by atoms with van der Waals surface area (Å²) in [5.74, 6) is -1.25. The first-order valence-corrected chi connectivity index (χ1v) is 6.65. The lowest BCUT2D eigenvalue weighted by atomic mass is 10.1. The number of amides is 2. The van der Waals surface area contributed by atoms with Gasteiger partial charge in [-0.25, -0.2) is 13.6 Å². The second-order valence-electron chi connectivity index (χ2n) is 4.47. The summed E-state index contributed by atoms with van der Waals surface area (Å²) in [5.41, 5.74) is 0.493. The fraction of sp³-hybridized carbons (Fsp3) is 0.500. The molecule has 6 heteroatoms. The van der Waals surface area contributed by atoms with E-state index in [-0.39, 0.29) is 25.7 Å². The van der Waals surface area contributed by atoms with Crippen LogP contribution in [0, 0.1) is 11.6 Å². The monoisotopic (exact) mass is 286 g/mol. The third-order valence-corrected chi connectivity index (χ3v) is 2.76. The maximum absolute atomic E-state index is 13.0. The van der Waals surface area contributed by atoms with Gasteiger partial charge in [-0.15, -0.1) is 0 Å². The molecule has 0 unspecified atom stereocenters. The number of aliphatic hydroxyl groups is 1. The number of halogens is 2. The van der Waals surface area contributed by atoms with E-state index in [9.17, 15) is 13.6 Å². The number of nitrogens with one attached hydrogen (secondary N) is 1. The summed E-state index contributed by atoms with van der Waals surface area (Å²) in [4.78, 5) is 13.3. The van der Waals surface area contributed by atoms with Crippen molar-refractivity contribution in [1.82, 2.24) is 10.2 Å². The summed E-state index contributed by atoms with van der Waals surface area (Å²) in [7, 11) is 0. The van der Waals surface area contributed by atoms with Crippen LogP contribution in [0.4, 0.5) is 13.6 Å². The Hall–Kier alpha value is -1.69. The minimum absolute atomic E-state index is 0.0947. The van der Waals surface area contributed by atoms with Gasteiger partial charge in [0.25, 0.3) is 0 Å². The number of benzene rings is 1. The molecule has 0 heterocycles. The van der Waals surface area contributed by atoms with E-state index in [1.807, 2.05) is 6.92 Å². The highest BCUT2D eigenvalue weighted by molar-refractivity contribution is 5.74. The molecule has 0 radical (unpaired) electrons. The third kappa shape index (κ3) is 5.52. The van der Waals surface area contributed by atoms with E-state index in [0.717, 1.165) is 12.5 Å².